The quantitative estimate of drug-likeness (QED) is 0.646. The summed E-state index contributed by atoms with van der Waals surface area (Å²) in [4.78, 5) is 0. The molecular formula is C17H12ClN3O. The predicted octanol–water partition coefficient (Wildman–Crippen LogP) is 3.56. The third kappa shape index (κ3) is 1.36. The zero-order valence-corrected chi connectivity index (χ0v) is 12.6. The Bertz CT molecular complexity index is 906. The van der Waals surface area contributed by atoms with Gasteiger partial charge >= 0.3 is 0 Å². The van der Waals surface area contributed by atoms with Gasteiger partial charge in [0, 0.05) is 10.6 Å². The number of benzene rings is 2. The Labute approximate surface area is 132 Å². The molecule has 2 aliphatic rings. The van der Waals surface area contributed by atoms with E-state index in [0.717, 1.165) is 28.5 Å². The summed E-state index contributed by atoms with van der Waals surface area (Å²) in [5, 5.41) is 9.25. The van der Waals surface area contributed by atoms with Crippen molar-refractivity contribution in [3.63, 3.8) is 0 Å². The maximum atomic E-state index is 6.25. The van der Waals surface area contributed by atoms with E-state index in [0.29, 0.717) is 5.02 Å². The molecule has 0 N–H and O–H groups in total. The summed E-state index contributed by atoms with van der Waals surface area (Å²) in [5.41, 5.74) is 2.75. The molecule has 0 radical (unpaired) electrons. The van der Waals surface area contributed by atoms with Crippen molar-refractivity contribution in [3.05, 3.63) is 76.3 Å². The summed E-state index contributed by atoms with van der Waals surface area (Å²) in [7, 11) is 0. The number of nitrogens with zero attached hydrogens (tertiary/aromatic N) is 3. The molecule has 0 saturated carbocycles. The van der Waals surface area contributed by atoms with Crippen molar-refractivity contribution in [1.29, 1.82) is 0 Å². The molecule has 3 aromatic rings. The molecule has 5 heteroatoms. The van der Waals surface area contributed by atoms with Gasteiger partial charge in [0.15, 0.2) is 17.5 Å². The summed E-state index contributed by atoms with van der Waals surface area (Å²) >= 11 is 6.25. The molecule has 0 bridgehead atoms. The molecule has 108 valence electrons. The van der Waals surface area contributed by atoms with Crippen LogP contribution < -0.4 is 0 Å². The Kier molecular flexibility index (Phi) is 2.23. The van der Waals surface area contributed by atoms with E-state index >= 15 is 0 Å². The van der Waals surface area contributed by atoms with Crippen molar-refractivity contribution >= 4 is 11.6 Å². The number of epoxide rings is 1. The number of aromatic nitrogens is 3. The monoisotopic (exact) mass is 309 g/mol. The number of ether oxygens (including phenoxy) is 1. The van der Waals surface area contributed by atoms with Gasteiger partial charge < -0.3 is 4.74 Å². The van der Waals surface area contributed by atoms with Gasteiger partial charge in [-0.25, -0.2) is 0 Å². The van der Waals surface area contributed by atoms with Gasteiger partial charge in [0.25, 0.3) is 0 Å². The van der Waals surface area contributed by atoms with E-state index in [-0.39, 0.29) is 6.10 Å². The lowest BCUT2D eigenvalue weighted by atomic mass is 9.84. The first kappa shape index (κ1) is 12.4. The van der Waals surface area contributed by atoms with Gasteiger partial charge in [-0.05, 0) is 30.7 Å². The van der Waals surface area contributed by atoms with Crippen LogP contribution in [-0.2, 0) is 10.3 Å². The first-order valence-electron chi connectivity index (χ1n) is 7.17. The van der Waals surface area contributed by atoms with Gasteiger partial charge in [0.2, 0.25) is 0 Å². The van der Waals surface area contributed by atoms with Gasteiger partial charge in [-0.15, -0.1) is 10.2 Å². The molecule has 0 aliphatic carbocycles. The molecule has 0 spiro atoms. The Morgan fingerprint density at radius 2 is 1.95 bits per heavy atom. The molecule has 2 unspecified atom stereocenters. The second-order valence-electron chi connectivity index (χ2n) is 5.70. The Balaban J connectivity index is 1.85. The molecule has 22 heavy (non-hydrogen) atoms. The first-order chi connectivity index (χ1) is 10.7. The van der Waals surface area contributed by atoms with E-state index < -0.39 is 5.60 Å². The van der Waals surface area contributed by atoms with Gasteiger partial charge in [-0.2, -0.15) is 0 Å². The summed E-state index contributed by atoms with van der Waals surface area (Å²) in [6.07, 6.45) is -0.109. The molecule has 5 rings (SSSR count). The largest absolute Gasteiger partial charge is 0.347 e. The van der Waals surface area contributed by atoms with Crippen LogP contribution in [-0.4, -0.2) is 14.8 Å². The van der Waals surface area contributed by atoms with E-state index in [1.165, 1.54) is 0 Å². The van der Waals surface area contributed by atoms with Crippen molar-refractivity contribution in [3.8, 4) is 5.69 Å². The molecule has 4 nitrogen and oxygen atoms in total. The minimum absolute atomic E-state index is 0.109. The van der Waals surface area contributed by atoms with E-state index in [1.807, 2.05) is 43.3 Å². The van der Waals surface area contributed by atoms with Gasteiger partial charge in [0.05, 0.1) is 5.69 Å². The third-order valence-corrected chi connectivity index (χ3v) is 4.74. The minimum atomic E-state index is -0.489. The Hall–Kier alpha value is -2.17. The van der Waals surface area contributed by atoms with E-state index in [2.05, 4.69) is 26.9 Å². The van der Waals surface area contributed by atoms with Crippen LogP contribution >= 0.6 is 11.6 Å². The number of hydrogen-bond donors (Lipinski definition) is 0. The summed E-state index contributed by atoms with van der Waals surface area (Å²) in [5.74, 6) is 1.71. The molecule has 1 fully saturated rings. The molecule has 1 saturated heterocycles. The maximum absolute atomic E-state index is 6.25. The van der Waals surface area contributed by atoms with Gasteiger partial charge in [-0.1, -0.05) is 41.9 Å². The second-order valence-corrected chi connectivity index (χ2v) is 6.14. The van der Waals surface area contributed by atoms with Crippen LogP contribution in [0.2, 0.25) is 5.02 Å². The summed E-state index contributed by atoms with van der Waals surface area (Å²) < 4.78 is 8.25. The molecule has 2 aliphatic heterocycles. The number of halogens is 1. The standard InChI is InChI=1S/C17H12ClN3O/c1-10-19-20-16-15-17(22-15,11-5-3-2-4-6-11)13-9-12(18)7-8-14(13)21(10)16/h2-9,15H,1H3. The predicted molar refractivity (Wildman–Crippen MR) is 82.2 cm³/mol. The SMILES string of the molecule is Cc1nnc2n1-c1ccc(Cl)cc1C1(c3ccccc3)OC21. The van der Waals surface area contributed by atoms with Crippen LogP contribution in [0.3, 0.4) is 0 Å². The normalized spacial score (nSPS) is 24.4. The lowest BCUT2D eigenvalue weighted by molar-refractivity contribution is 0.329. The lowest BCUT2D eigenvalue weighted by Gasteiger charge is -2.24. The van der Waals surface area contributed by atoms with Crippen molar-refractivity contribution in [2.45, 2.75) is 18.6 Å². The van der Waals surface area contributed by atoms with Gasteiger partial charge in [-0.3, -0.25) is 4.57 Å². The second kappa shape index (κ2) is 3.97. The number of rotatable bonds is 1. The van der Waals surface area contributed by atoms with Crippen LogP contribution in [0.1, 0.15) is 28.9 Å². The van der Waals surface area contributed by atoms with Crippen molar-refractivity contribution in [2.24, 2.45) is 0 Å². The molecule has 0 amide bonds. The van der Waals surface area contributed by atoms with Crippen molar-refractivity contribution in [2.75, 3.05) is 0 Å². The smallest absolute Gasteiger partial charge is 0.170 e. The Morgan fingerprint density at radius 3 is 2.77 bits per heavy atom. The summed E-state index contributed by atoms with van der Waals surface area (Å²) in [6, 6.07) is 16.1. The fourth-order valence-electron chi connectivity index (χ4n) is 3.50. The molecular weight excluding hydrogens is 298 g/mol. The highest BCUT2D eigenvalue weighted by Gasteiger charge is 2.65. The zero-order chi connectivity index (χ0) is 14.9. The topological polar surface area (TPSA) is 43.2 Å². The highest BCUT2D eigenvalue weighted by atomic mass is 35.5. The van der Waals surface area contributed by atoms with Crippen molar-refractivity contribution in [1.82, 2.24) is 14.8 Å². The van der Waals surface area contributed by atoms with Gasteiger partial charge in [0.1, 0.15) is 5.82 Å². The van der Waals surface area contributed by atoms with E-state index in [1.54, 1.807) is 0 Å². The van der Waals surface area contributed by atoms with Crippen LogP contribution in [0, 0.1) is 6.92 Å². The highest BCUT2D eigenvalue weighted by molar-refractivity contribution is 6.30. The van der Waals surface area contributed by atoms with Crippen molar-refractivity contribution < 1.29 is 4.74 Å². The fourth-order valence-corrected chi connectivity index (χ4v) is 3.67. The van der Waals surface area contributed by atoms with Crippen LogP contribution in [0.15, 0.2) is 48.5 Å². The summed E-state index contributed by atoms with van der Waals surface area (Å²) in [6.45, 7) is 1.95. The van der Waals surface area contributed by atoms with E-state index in [4.69, 9.17) is 16.3 Å². The molecule has 2 aromatic carbocycles. The minimum Gasteiger partial charge on any atom is -0.347 e. The zero-order valence-electron chi connectivity index (χ0n) is 11.8. The average molecular weight is 310 g/mol. The lowest BCUT2D eigenvalue weighted by Crippen LogP contribution is -2.22. The van der Waals surface area contributed by atoms with Crippen LogP contribution in [0.5, 0.6) is 0 Å². The molecule has 1 aromatic heterocycles. The fraction of sp³-hybridized carbons (Fsp3) is 0.176. The average Bonchev–Trinajstić information content (AvgIpc) is 3.20. The third-order valence-electron chi connectivity index (χ3n) is 4.50. The van der Waals surface area contributed by atoms with E-state index in [9.17, 15) is 0 Å². The first-order valence-corrected chi connectivity index (χ1v) is 7.55. The van der Waals surface area contributed by atoms with Crippen LogP contribution in [0.4, 0.5) is 0 Å². The number of fused-ring (bicyclic) bond motifs is 6. The number of hydrogen-bond acceptors (Lipinski definition) is 3. The molecule has 2 atom stereocenters. The number of aryl methyl sites for hydroxylation is 1. The maximum Gasteiger partial charge on any atom is 0.170 e. The van der Waals surface area contributed by atoms with Crippen LogP contribution in [0.25, 0.3) is 5.69 Å². The Morgan fingerprint density at radius 1 is 1.14 bits per heavy atom. The molecule has 3 heterocycles. The highest BCUT2D eigenvalue weighted by Crippen LogP contribution is 2.64.